The molecule has 0 aliphatic carbocycles. The highest BCUT2D eigenvalue weighted by atomic mass is 35.5. The minimum Gasteiger partial charge on any atom is -0.342 e. The number of sulfone groups is 1. The number of carbonyl (C=O) groups excluding carboxylic acids is 4. The number of Topliss-reactive ketones (excluding diaryl/α,β-unsaturated/α-hetero) is 2. The molecule has 12 nitrogen and oxygen atoms in total. The van der Waals surface area contributed by atoms with Crippen molar-refractivity contribution in [3.63, 3.8) is 0 Å². The molecule has 14 heteroatoms. The number of nitrogens with zero attached hydrogens (tertiary/aromatic N) is 5. The molecule has 214 valence electrons. The van der Waals surface area contributed by atoms with Crippen molar-refractivity contribution in [3.05, 3.63) is 76.6 Å². The number of hydrogen-bond acceptors (Lipinski definition) is 9. The number of benzene rings is 2. The molecule has 1 aliphatic rings. The molecular formula is C27H27ClN6O6S. The van der Waals surface area contributed by atoms with Crippen LogP contribution in [0.2, 0.25) is 5.02 Å². The summed E-state index contributed by atoms with van der Waals surface area (Å²) in [6, 6.07) is 10.3. The lowest BCUT2D eigenvalue weighted by atomic mass is 9.99. The van der Waals surface area contributed by atoms with E-state index in [1.807, 2.05) is 0 Å². The van der Waals surface area contributed by atoms with Gasteiger partial charge >= 0.3 is 0 Å². The molecule has 2 amide bonds. The number of halogens is 1. The molecule has 2 aromatic carbocycles. The van der Waals surface area contributed by atoms with E-state index in [0.717, 1.165) is 0 Å². The third-order valence-corrected chi connectivity index (χ3v) is 8.36. The van der Waals surface area contributed by atoms with Gasteiger partial charge in [-0.25, -0.2) is 8.42 Å². The summed E-state index contributed by atoms with van der Waals surface area (Å²) >= 11 is 6.13. The molecule has 0 radical (unpaired) electrons. The first-order chi connectivity index (χ1) is 19.5. The van der Waals surface area contributed by atoms with Gasteiger partial charge in [-0.15, -0.1) is 5.10 Å². The SMILES string of the molecule is CC(=O)c1ccc(CC(=O)[C@H](CC(=O)N2CCS(=O)(=O)CC2)NC(=O)/C=C/c2cc(Cl)ccc2-n2cnnn2)cc1. The molecule has 1 fully saturated rings. The molecule has 3 aromatic rings. The predicted molar refractivity (Wildman–Crippen MR) is 150 cm³/mol. The molecule has 0 saturated carbocycles. The molecular weight excluding hydrogens is 572 g/mol. The molecule has 0 spiro atoms. The fourth-order valence-corrected chi connectivity index (χ4v) is 5.60. The van der Waals surface area contributed by atoms with Gasteiger partial charge in [0.1, 0.15) is 6.33 Å². The van der Waals surface area contributed by atoms with E-state index in [-0.39, 0.29) is 43.2 Å². The third-order valence-electron chi connectivity index (χ3n) is 6.52. The second-order valence-corrected chi connectivity index (χ2v) is 12.2. The van der Waals surface area contributed by atoms with Crippen molar-refractivity contribution in [3.8, 4) is 5.69 Å². The van der Waals surface area contributed by atoms with Crippen LogP contribution in [0.1, 0.15) is 34.8 Å². The van der Waals surface area contributed by atoms with Gasteiger partial charge in [-0.3, -0.25) is 19.2 Å². The number of carbonyl (C=O) groups is 4. The summed E-state index contributed by atoms with van der Waals surface area (Å²) in [4.78, 5) is 52.2. The first-order valence-corrected chi connectivity index (χ1v) is 14.8. The fourth-order valence-electron chi connectivity index (χ4n) is 4.22. The summed E-state index contributed by atoms with van der Waals surface area (Å²) in [6.07, 6.45) is 3.65. The van der Waals surface area contributed by atoms with Crippen LogP contribution < -0.4 is 5.32 Å². The lowest BCUT2D eigenvalue weighted by Gasteiger charge is -2.28. The maximum atomic E-state index is 13.3. The fraction of sp³-hybridized carbons (Fsp3) is 0.296. The molecule has 1 aromatic heterocycles. The minimum atomic E-state index is -3.21. The Morgan fingerprint density at radius 3 is 2.41 bits per heavy atom. The molecule has 0 unspecified atom stereocenters. The van der Waals surface area contributed by atoms with Crippen LogP contribution in [0.4, 0.5) is 0 Å². The van der Waals surface area contributed by atoms with Gasteiger partial charge in [0.15, 0.2) is 21.4 Å². The highest BCUT2D eigenvalue weighted by molar-refractivity contribution is 7.91. The van der Waals surface area contributed by atoms with E-state index >= 15 is 0 Å². The largest absolute Gasteiger partial charge is 0.342 e. The Labute approximate surface area is 241 Å². The number of ketones is 2. The standard InChI is InChI=1S/C27H27ClN6O6S/c1-18(35)20-4-2-19(3-5-20)14-25(36)23(16-27(38)33-10-12-41(39,40)13-11-33)30-26(37)9-6-21-15-22(28)7-8-24(21)34-17-29-31-32-34/h2-9,15,17,23H,10-14,16H2,1H3,(H,30,37)/b9-6+/t23-/m0/s1. The molecule has 0 bridgehead atoms. The topological polar surface area (TPSA) is 161 Å². The van der Waals surface area contributed by atoms with Crippen LogP contribution >= 0.6 is 11.6 Å². The van der Waals surface area contributed by atoms with Crippen LogP contribution in [0, 0.1) is 0 Å². The summed E-state index contributed by atoms with van der Waals surface area (Å²) < 4.78 is 24.9. The number of hydrogen-bond donors (Lipinski definition) is 1. The van der Waals surface area contributed by atoms with Gasteiger partial charge in [-0.05, 0) is 47.2 Å². The van der Waals surface area contributed by atoms with E-state index in [0.29, 0.717) is 27.4 Å². The summed E-state index contributed by atoms with van der Waals surface area (Å²) in [5, 5.41) is 14.1. The zero-order valence-corrected chi connectivity index (χ0v) is 23.6. The predicted octanol–water partition coefficient (Wildman–Crippen LogP) is 1.48. The Kier molecular flexibility index (Phi) is 9.40. The van der Waals surface area contributed by atoms with E-state index in [9.17, 15) is 27.6 Å². The number of aromatic nitrogens is 4. The van der Waals surface area contributed by atoms with Crippen LogP contribution in [-0.2, 0) is 30.6 Å². The number of amides is 2. The average Bonchev–Trinajstić information content (AvgIpc) is 3.46. The quantitative estimate of drug-likeness (QED) is 0.269. The Bertz CT molecular complexity index is 1570. The van der Waals surface area contributed by atoms with Crippen molar-refractivity contribution in [2.24, 2.45) is 0 Å². The summed E-state index contributed by atoms with van der Waals surface area (Å²) in [5.74, 6) is -1.91. The van der Waals surface area contributed by atoms with Crippen molar-refractivity contribution in [2.75, 3.05) is 24.6 Å². The molecule has 41 heavy (non-hydrogen) atoms. The first-order valence-electron chi connectivity index (χ1n) is 12.6. The highest BCUT2D eigenvalue weighted by Crippen LogP contribution is 2.20. The number of tetrazole rings is 1. The molecule has 4 rings (SSSR count). The first kappa shape index (κ1) is 29.7. The van der Waals surface area contributed by atoms with E-state index in [2.05, 4.69) is 20.8 Å². The van der Waals surface area contributed by atoms with Gasteiger partial charge in [-0.1, -0.05) is 35.9 Å². The summed E-state index contributed by atoms with van der Waals surface area (Å²) in [5.41, 5.74) is 2.18. The Morgan fingerprint density at radius 1 is 1.07 bits per heavy atom. The average molecular weight is 599 g/mol. The smallest absolute Gasteiger partial charge is 0.244 e. The van der Waals surface area contributed by atoms with Gasteiger partial charge in [0.25, 0.3) is 0 Å². The molecule has 1 saturated heterocycles. The van der Waals surface area contributed by atoms with Gasteiger partial charge in [0, 0.05) is 41.7 Å². The van der Waals surface area contributed by atoms with Crippen LogP contribution in [0.25, 0.3) is 11.8 Å². The van der Waals surface area contributed by atoms with Gasteiger partial charge in [0.2, 0.25) is 11.8 Å². The van der Waals surface area contributed by atoms with Crippen molar-refractivity contribution < 1.29 is 27.6 Å². The van der Waals surface area contributed by atoms with Gasteiger partial charge in [-0.2, -0.15) is 4.68 Å². The minimum absolute atomic E-state index is 0.0249. The number of rotatable bonds is 10. The van der Waals surface area contributed by atoms with E-state index in [1.165, 1.54) is 35.0 Å². The Morgan fingerprint density at radius 2 is 1.78 bits per heavy atom. The van der Waals surface area contributed by atoms with Crippen LogP contribution in [0.5, 0.6) is 0 Å². The Hall–Kier alpha value is -4.23. The van der Waals surface area contributed by atoms with Gasteiger partial charge < -0.3 is 10.2 Å². The van der Waals surface area contributed by atoms with Crippen LogP contribution in [0.15, 0.2) is 54.9 Å². The Balaban J connectivity index is 1.51. The zero-order chi connectivity index (χ0) is 29.6. The second-order valence-electron chi connectivity index (χ2n) is 9.48. The summed E-state index contributed by atoms with van der Waals surface area (Å²) in [7, 11) is -3.21. The lowest BCUT2D eigenvalue weighted by Crippen LogP contribution is -2.48. The molecule has 2 heterocycles. The van der Waals surface area contributed by atoms with Crippen LogP contribution in [-0.4, -0.2) is 87.5 Å². The maximum absolute atomic E-state index is 13.3. The van der Waals surface area contributed by atoms with Crippen molar-refractivity contribution in [1.82, 2.24) is 30.4 Å². The van der Waals surface area contributed by atoms with Crippen molar-refractivity contribution >= 4 is 50.9 Å². The van der Waals surface area contributed by atoms with Crippen molar-refractivity contribution in [2.45, 2.75) is 25.8 Å². The highest BCUT2D eigenvalue weighted by Gasteiger charge is 2.29. The van der Waals surface area contributed by atoms with E-state index < -0.39 is 33.5 Å². The third kappa shape index (κ3) is 8.14. The molecule has 1 atom stereocenters. The second kappa shape index (κ2) is 13.0. The van der Waals surface area contributed by atoms with E-state index in [4.69, 9.17) is 11.6 Å². The van der Waals surface area contributed by atoms with Gasteiger partial charge in [0.05, 0.1) is 29.7 Å². The normalized spacial score (nSPS) is 15.4. The zero-order valence-electron chi connectivity index (χ0n) is 22.1. The lowest BCUT2D eigenvalue weighted by molar-refractivity contribution is -0.134. The van der Waals surface area contributed by atoms with Crippen molar-refractivity contribution in [1.29, 1.82) is 0 Å². The summed E-state index contributed by atoms with van der Waals surface area (Å²) in [6.45, 7) is 1.49. The van der Waals surface area contributed by atoms with E-state index in [1.54, 1.807) is 42.5 Å². The monoisotopic (exact) mass is 598 g/mol. The molecule has 1 N–H and O–H groups in total. The maximum Gasteiger partial charge on any atom is 0.244 e. The molecule has 1 aliphatic heterocycles. The van der Waals surface area contributed by atoms with Crippen LogP contribution in [0.3, 0.4) is 0 Å². The number of nitrogens with one attached hydrogen (secondary N) is 1.